The summed E-state index contributed by atoms with van der Waals surface area (Å²) in [5.41, 5.74) is 0. The number of hydrogen-bond acceptors (Lipinski definition) is 0. The third-order valence-corrected chi connectivity index (χ3v) is 19.8. The van der Waals surface area contributed by atoms with Crippen LogP contribution in [0.2, 0.25) is 0 Å². The first-order valence-corrected chi connectivity index (χ1v) is 24.3. The van der Waals surface area contributed by atoms with Gasteiger partial charge in [0.2, 0.25) is 0 Å². The van der Waals surface area contributed by atoms with Crippen molar-refractivity contribution in [1.82, 2.24) is 0 Å². The molecule has 0 N–H and O–H groups in total. The Morgan fingerprint density at radius 1 is 0.250 bits per heavy atom. The van der Waals surface area contributed by atoms with Gasteiger partial charge in [-0.25, -0.2) is 0 Å². The molecule has 40 heavy (non-hydrogen) atoms. The molecule has 0 atom stereocenters. The Kier molecular flexibility index (Phi) is 30.6. The summed E-state index contributed by atoms with van der Waals surface area (Å²) in [5, 5.41) is -1.78. The van der Waals surface area contributed by atoms with Gasteiger partial charge in [-0.1, -0.05) is 0 Å². The first-order valence-electron chi connectivity index (χ1n) is 19.3. The second-order valence-electron chi connectivity index (χ2n) is 13.9. The van der Waals surface area contributed by atoms with Gasteiger partial charge in [0.05, 0.1) is 0 Å². The van der Waals surface area contributed by atoms with Crippen LogP contribution in [0.25, 0.3) is 0 Å². The molecule has 0 aliphatic rings. The summed E-state index contributed by atoms with van der Waals surface area (Å²) in [6.45, 7) is 9.37. The minimum atomic E-state index is -1.78. The molecule has 0 spiro atoms. The van der Waals surface area contributed by atoms with Crippen molar-refractivity contribution < 1.29 is 0 Å². The zero-order valence-corrected chi connectivity index (χ0v) is 31.3. The maximum atomic E-state index is 4.80. The van der Waals surface area contributed by atoms with Crippen molar-refractivity contribution >= 4 is 20.8 Å². The van der Waals surface area contributed by atoms with E-state index in [1.165, 1.54) is 193 Å². The first kappa shape index (κ1) is 40.9. The molecule has 0 heterocycles. The van der Waals surface area contributed by atoms with Gasteiger partial charge in [0.1, 0.15) is 0 Å². The van der Waals surface area contributed by atoms with Gasteiger partial charge in [0.15, 0.2) is 0 Å². The van der Waals surface area contributed by atoms with Crippen molar-refractivity contribution in [1.29, 1.82) is 0 Å². The number of unbranched alkanes of at least 4 members (excludes halogenated alkanes) is 26. The Balaban J connectivity index is 4.83. The molecule has 0 radical (unpaired) electrons. The van der Waals surface area contributed by atoms with E-state index in [0.29, 0.717) is 0 Å². The normalized spacial score (nSPS) is 13.1. The van der Waals surface area contributed by atoms with E-state index >= 15 is 0 Å². The number of halogens is 1. The second-order valence-corrected chi connectivity index (χ2v) is 25.4. The fourth-order valence-corrected chi connectivity index (χ4v) is 15.3. The van der Waals surface area contributed by atoms with Crippen molar-refractivity contribution in [2.45, 2.75) is 220 Å². The SMILES string of the molecule is CCCCCCCCCCCCP(Br)(CCCCCCC)(CCCCCCC)CCCCCCCCCCCC. The van der Waals surface area contributed by atoms with Crippen molar-refractivity contribution in [2.24, 2.45) is 0 Å². The Morgan fingerprint density at radius 3 is 0.575 bits per heavy atom. The van der Waals surface area contributed by atoms with Crippen LogP contribution >= 0.6 is 20.8 Å². The molecule has 0 saturated heterocycles. The van der Waals surface area contributed by atoms with E-state index in [4.69, 9.17) is 15.5 Å². The molecule has 0 aliphatic heterocycles. The van der Waals surface area contributed by atoms with Crippen LogP contribution in [0.1, 0.15) is 220 Å². The van der Waals surface area contributed by atoms with Crippen LogP contribution in [0.5, 0.6) is 0 Å². The molecule has 0 rings (SSSR count). The monoisotopic (exact) mass is 647 g/mol. The van der Waals surface area contributed by atoms with E-state index in [9.17, 15) is 0 Å². The van der Waals surface area contributed by atoms with Crippen molar-refractivity contribution in [3.63, 3.8) is 0 Å². The van der Waals surface area contributed by atoms with Crippen LogP contribution in [-0.2, 0) is 0 Å². The molecule has 0 saturated carbocycles. The molecule has 244 valence electrons. The molecular weight excluding hydrogens is 567 g/mol. The summed E-state index contributed by atoms with van der Waals surface area (Å²) in [7, 11) is 0. The molecule has 0 amide bonds. The van der Waals surface area contributed by atoms with Crippen LogP contribution in [0.15, 0.2) is 0 Å². The first-order chi connectivity index (χ1) is 19.5. The zero-order chi connectivity index (χ0) is 29.5. The molecule has 0 unspecified atom stereocenters. The average molecular weight is 648 g/mol. The molecule has 0 aromatic carbocycles. The van der Waals surface area contributed by atoms with Crippen molar-refractivity contribution in [2.75, 3.05) is 24.6 Å². The fraction of sp³-hybridized carbons (Fsp3) is 1.00. The predicted octanol–water partition coefficient (Wildman–Crippen LogP) is 15.6. The van der Waals surface area contributed by atoms with Gasteiger partial charge < -0.3 is 0 Å². The fourth-order valence-electron chi connectivity index (χ4n) is 6.88. The standard InChI is InChI=1S/C38H80BrP/c1-5-9-13-17-19-21-23-25-29-33-37-40(39,35-31-27-15-11-7-3,36-32-28-16-12-8-4)38-34-30-26-24-22-20-18-14-10-6-2/h5-38H2,1-4H3. The van der Waals surface area contributed by atoms with Crippen LogP contribution < -0.4 is 0 Å². The third-order valence-electron chi connectivity index (χ3n) is 9.78. The van der Waals surface area contributed by atoms with Crippen LogP contribution in [0.3, 0.4) is 0 Å². The molecule has 0 fully saturated rings. The van der Waals surface area contributed by atoms with E-state index in [1.807, 2.05) is 0 Å². The molecule has 0 aliphatic carbocycles. The van der Waals surface area contributed by atoms with E-state index in [2.05, 4.69) is 27.7 Å². The van der Waals surface area contributed by atoms with Crippen molar-refractivity contribution in [3.8, 4) is 0 Å². The van der Waals surface area contributed by atoms with Gasteiger partial charge in [-0.05, 0) is 0 Å². The van der Waals surface area contributed by atoms with Gasteiger partial charge in [-0.2, -0.15) is 0 Å². The second kappa shape index (κ2) is 30.0. The quantitative estimate of drug-likeness (QED) is 0.0482. The summed E-state index contributed by atoms with van der Waals surface area (Å²) < 4.78 is 0. The molecule has 0 bridgehead atoms. The molecule has 0 aromatic heterocycles. The van der Waals surface area contributed by atoms with Gasteiger partial charge in [-0.3, -0.25) is 0 Å². The topological polar surface area (TPSA) is 0 Å². The van der Waals surface area contributed by atoms with E-state index in [0.717, 1.165) is 0 Å². The van der Waals surface area contributed by atoms with Gasteiger partial charge in [0.25, 0.3) is 0 Å². The average Bonchev–Trinajstić information content (AvgIpc) is 2.95. The maximum absolute atomic E-state index is 4.80. The summed E-state index contributed by atoms with van der Waals surface area (Å²) in [4.78, 5) is 0. The Hall–Kier alpha value is 0.910. The van der Waals surface area contributed by atoms with Crippen molar-refractivity contribution in [3.05, 3.63) is 0 Å². The Morgan fingerprint density at radius 2 is 0.400 bits per heavy atom. The molecule has 0 aromatic rings. The van der Waals surface area contributed by atoms with Crippen LogP contribution in [0, 0.1) is 0 Å². The van der Waals surface area contributed by atoms with Gasteiger partial charge >= 0.3 is 266 Å². The van der Waals surface area contributed by atoms with Gasteiger partial charge in [0, 0.05) is 0 Å². The summed E-state index contributed by atoms with van der Waals surface area (Å²) >= 11 is 4.80. The Bertz CT molecular complexity index is 448. The predicted molar refractivity (Wildman–Crippen MR) is 197 cm³/mol. The Labute approximate surface area is 264 Å². The number of hydrogen-bond donors (Lipinski definition) is 0. The molecular formula is C38H80BrP. The zero-order valence-electron chi connectivity index (χ0n) is 28.9. The summed E-state index contributed by atoms with van der Waals surface area (Å²) in [5.74, 6) is 0. The van der Waals surface area contributed by atoms with Gasteiger partial charge in [-0.15, -0.1) is 0 Å². The number of rotatable bonds is 34. The van der Waals surface area contributed by atoms with E-state index < -0.39 is 5.31 Å². The molecule has 0 nitrogen and oxygen atoms in total. The third kappa shape index (κ3) is 25.4. The van der Waals surface area contributed by atoms with E-state index in [-0.39, 0.29) is 0 Å². The van der Waals surface area contributed by atoms with Crippen LogP contribution in [0.4, 0.5) is 0 Å². The summed E-state index contributed by atoms with van der Waals surface area (Å²) in [6.07, 6.45) is 50.0. The van der Waals surface area contributed by atoms with E-state index in [1.54, 1.807) is 24.6 Å². The van der Waals surface area contributed by atoms with Crippen LogP contribution in [-0.4, -0.2) is 24.6 Å². The minimum absolute atomic E-state index is 1.37. The summed E-state index contributed by atoms with van der Waals surface area (Å²) in [6, 6.07) is 0. The molecule has 2 heteroatoms.